The maximum absolute atomic E-state index is 12.0. The molecule has 6 nitrogen and oxygen atoms in total. The molecule has 3 aromatic carbocycles. The predicted octanol–water partition coefficient (Wildman–Crippen LogP) is 4.12. The van der Waals surface area contributed by atoms with Gasteiger partial charge in [0.1, 0.15) is 5.75 Å². The Kier molecular flexibility index (Phi) is 10.2. The lowest BCUT2D eigenvalue weighted by Gasteiger charge is -2.08. The zero-order chi connectivity index (χ0) is 24.0. The van der Waals surface area contributed by atoms with Crippen molar-refractivity contribution in [2.24, 2.45) is 5.10 Å². The zero-order valence-corrected chi connectivity index (χ0v) is 20.0. The molecule has 0 aliphatic heterocycles. The van der Waals surface area contributed by atoms with Crippen LogP contribution in [0, 0.1) is 6.92 Å². The molecule has 3 rings (SSSR count). The maximum Gasteiger partial charge on any atom is 0.257 e. The highest BCUT2D eigenvalue weighted by molar-refractivity contribution is 7.99. The van der Waals surface area contributed by atoms with E-state index in [0.717, 1.165) is 17.7 Å². The Morgan fingerprint density at radius 1 is 0.941 bits per heavy atom. The molecular weight excluding hydrogens is 446 g/mol. The highest BCUT2D eigenvalue weighted by atomic mass is 32.2. The van der Waals surface area contributed by atoms with E-state index in [1.165, 1.54) is 16.7 Å². The van der Waals surface area contributed by atoms with Crippen LogP contribution in [0.25, 0.3) is 0 Å². The molecule has 0 radical (unpaired) electrons. The number of carbonyl (C=O) groups is 2. The highest BCUT2D eigenvalue weighted by Crippen LogP contribution is 2.15. The predicted molar refractivity (Wildman–Crippen MR) is 138 cm³/mol. The van der Waals surface area contributed by atoms with Crippen LogP contribution in [0.1, 0.15) is 22.3 Å². The maximum atomic E-state index is 12.0. The highest BCUT2D eigenvalue weighted by Gasteiger charge is 2.04. The Balaban J connectivity index is 1.31. The van der Waals surface area contributed by atoms with Gasteiger partial charge in [0.25, 0.3) is 5.91 Å². The van der Waals surface area contributed by atoms with Gasteiger partial charge in [-0.15, -0.1) is 11.8 Å². The topological polar surface area (TPSA) is 79.8 Å². The zero-order valence-electron chi connectivity index (χ0n) is 19.2. The number of hydrogen-bond donors (Lipinski definition) is 2. The van der Waals surface area contributed by atoms with Gasteiger partial charge >= 0.3 is 0 Å². The lowest BCUT2D eigenvalue weighted by atomic mass is 10.1. The van der Waals surface area contributed by atoms with Crippen LogP contribution in [0.2, 0.25) is 0 Å². The average molecular weight is 476 g/mol. The number of thioether (sulfide) groups is 1. The van der Waals surface area contributed by atoms with E-state index < -0.39 is 0 Å². The molecule has 0 atom stereocenters. The average Bonchev–Trinajstić information content (AvgIpc) is 2.85. The normalized spacial score (nSPS) is 10.7. The summed E-state index contributed by atoms with van der Waals surface area (Å²) in [6.07, 6.45) is 2.35. The lowest BCUT2D eigenvalue weighted by molar-refractivity contribution is -0.123. The Morgan fingerprint density at radius 2 is 1.68 bits per heavy atom. The number of benzene rings is 3. The second kappa shape index (κ2) is 13.9. The van der Waals surface area contributed by atoms with Crippen molar-refractivity contribution in [3.05, 3.63) is 101 Å². The van der Waals surface area contributed by atoms with Crippen LogP contribution < -0.4 is 15.5 Å². The fourth-order valence-electron chi connectivity index (χ4n) is 3.08. The minimum Gasteiger partial charge on any atom is -0.484 e. The standard InChI is InChI=1S/C27H29N3O3S/c1-21-7-5-6-10-24(21)19-34-20-27(32)30-29-17-23-11-13-25(14-12-23)33-18-26(31)28-16-15-22-8-3-2-4-9-22/h2-14,17H,15-16,18-20H2,1H3,(H,28,31)(H,30,32)/b29-17-. The largest absolute Gasteiger partial charge is 0.484 e. The van der Waals surface area contributed by atoms with E-state index in [2.05, 4.69) is 34.9 Å². The number of aryl methyl sites for hydroxylation is 1. The lowest BCUT2D eigenvalue weighted by Crippen LogP contribution is -2.30. The molecule has 0 fully saturated rings. The summed E-state index contributed by atoms with van der Waals surface area (Å²) in [5.41, 5.74) is 6.99. The summed E-state index contributed by atoms with van der Waals surface area (Å²) in [4.78, 5) is 23.9. The third kappa shape index (κ3) is 9.11. The molecule has 0 aliphatic carbocycles. The third-order valence-electron chi connectivity index (χ3n) is 4.98. The number of hydrazone groups is 1. The number of nitrogens with zero attached hydrogens (tertiary/aromatic N) is 1. The van der Waals surface area contributed by atoms with Gasteiger partial charge in [-0.2, -0.15) is 5.10 Å². The number of rotatable bonds is 12. The van der Waals surface area contributed by atoms with Crippen molar-refractivity contribution >= 4 is 29.8 Å². The number of amides is 2. The summed E-state index contributed by atoms with van der Waals surface area (Å²) in [7, 11) is 0. The van der Waals surface area contributed by atoms with Crippen molar-refractivity contribution in [3.63, 3.8) is 0 Å². The van der Waals surface area contributed by atoms with Gasteiger partial charge in [0.05, 0.1) is 12.0 Å². The van der Waals surface area contributed by atoms with Crippen LogP contribution in [0.5, 0.6) is 5.75 Å². The number of hydrogen-bond acceptors (Lipinski definition) is 5. The van der Waals surface area contributed by atoms with Gasteiger partial charge in [0.15, 0.2) is 6.61 Å². The van der Waals surface area contributed by atoms with Crippen LogP contribution in [0.3, 0.4) is 0 Å². The van der Waals surface area contributed by atoms with Crippen LogP contribution in [-0.4, -0.2) is 36.9 Å². The van der Waals surface area contributed by atoms with E-state index in [0.29, 0.717) is 18.0 Å². The van der Waals surface area contributed by atoms with Gasteiger partial charge < -0.3 is 10.1 Å². The van der Waals surface area contributed by atoms with Gasteiger partial charge in [-0.3, -0.25) is 9.59 Å². The molecule has 7 heteroatoms. The fraction of sp³-hybridized carbons (Fsp3) is 0.222. The minimum atomic E-state index is -0.162. The molecule has 0 unspecified atom stereocenters. The van der Waals surface area contributed by atoms with Crippen molar-refractivity contribution in [1.29, 1.82) is 0 Å². The molecule has 0 saturated heterocycles. The first-order chi connectivity index (χ1) is 16.6. The Hall–Kier alpha value is -3.58. The number of nitrogens with one attached hydrogen (secondary N) is 2. The Labute approximate surface area is 204 Å². The van der Waals surface area contributed by atoms with Gasteiger partial charge in [-0.1, -0.05) is 54.6 Å². The molecule has 2 N–H and O–H groups in total. The molecule has 2 amide bonds. The molecule has 0 aromatic heterocycles. The van der Waals surface area contributed by atoms with Crippen LogP contribution >= 0.6 is 11.8 Å². The van der Waals surface area contributed by atoms with Gasteiger partial charge in [-0.25, -0.2) is 5.43 Å². The first-order valence-corrected chi connectivity index (χ1v) is 12.2. The number of carbonyl (C=O) groups excluding carboxylic acids is 2. The Bertz CT molecular complexity index is 1090. The first-order valence-electron chi connectivity index (χ1n) is 11.1. The van der Waals surface area contributed by atoms with E-state index >= 15 is 0 Å². The third-order valence-corrected chi connectivity index (χ3v) is 5.96. The van der Waals surface area contributed by atoms with E-state index in [9.17, 15) is 9.59 Å². The molecule has 0 heterocycles. The second-order valence-electron chi connectivity index (χ2n) is 7.66. The summed E-state index contributed by atoms with van der Waals surface area (Å²) in [5, 5.41) is 6.86. The quantitative estimate of drug-likeness (QED) is 0.305. The van der Waals surface area contributed by atoms with Crippen molar-refractivity contribution in [3.8, 4) is 5.75 Å². The Morgan fingerprint density at radius 3 is 2.44 bits per heavy atom. The van der Waals surface area contributed by atoms with Crippen LogP contribution in [0.15, 0.2) is 84.0 Å². The monoisotopic (exact) mass is 475 g/mol. The minimum absolute atomic E-state index is 0.0432. The molecule has 34 heavy (non-hydrogen) atoms. The summed E-state index contributed by atoms with van der Waals surface area (Å²) >= 11 is 1.55. The van der Waals surface area contributed by atoms with E-state index in [4.69, 9.17) is 4.74 Å². The molecule has 0 spiro atoms. The smallest absolute Gasteiger partial charge is 0.257 e. The molecule has 0 saturated carbocycles. The van der Waals surface area contributed by atoms with Crippen molar-refractivity contribution < 1.29 is 14.3 Å². The van der Waals surface area contributed by atoms with Gasteiger partial charge in [0.2, 0.25) is 5.91 Å². The first kappa shape index (κ1) is 25.1. The molecular formula is C27H29N3O3S. The summed E-state index contributed by atoms with van der Waals surface area (Å²) in [6.45, 7) is 2.59. The fourth-order valence-corrected chi connectivity index (χ4v) is 3.97. The molecule has 0 bridgehead atoms. The van der Waals surface area contributed by atoms with Crippen molar-refractivity contribution in [2.45, 2.75) is 19.1 Å². The molecule has 0 aliphatic rings. The SMILES string of the molecule is Cc1ccccc1CSCC(=O)N/N=C\c1ccc(OCC(=O)NCCc2ccccc2)cc1. The van der Waals surface area contributed by atoms with Crippen LogP contribution in [-0.2, 0) is 21.8 Å². The molecule has 176 valence electrons. The van der Waals surface area contributed by atoms with Crippen LogP contribution in [0.4, 0.5) is 0 Å². The van der Waals surface area contributed by atoms with Gasteiger partial charge in [0, 0.05) is 12.3 Å². The second-order valence-corrected chi connectivity index (χ2v) is 8.64. The summed E-state index contributed by atoms with van der Waals surface area (Å²) < 4.78 is 5.53. The van der Waals surface area contributed by atoms with Gasteiger partial charge in [-0.05, 0) is 59.9 Å². The van der Waals surface area contributed by atoms with Crippen molar-refractivity contribution in [1.82, 2.24) is 10.7 Å². The summed E-state index contributed by atoms with van der Waals surface area (Å²) in [5.74, 6) is 1.41. The van der Waals surface area contributed by atoms with E-state index in [-0.39, 0.29) is 18.4 Å². The van der Waals surface area contributed by atoms with E-state index in [1.807, 2.05) is 54.6 Å². The van der Waals surface area contributed by atoms with E-state index in [1.54, 1.807) is 30.1 Å². The van der Waals surface area contributed by atoms with Crippen molar-refractivity contribution in [2.75, 3.05) is 18.9 Å². The summed E-state index contributed by atoms with van der Waals surface area (Å²) in [6, 6.07) is 25.3. The number of ether oxygens (including phenoxy) is 1. The molecule has 3 aromatic rings.